The van der Waals surface area contributed by atoms with E-state index in [4.69, 9.17) is 9.98 Å². The Balaban J connectivity index is 0.00000280. The minimum Gasteiger partial charge on any atom is -0.361 e. The van der Waals surface area contributed by atoms with E-state index in [9.17, 15) is 0 Å². The van der Waals surface area contributed by atoms with Gasteiger partial charge in [0.15, 0.2) is 5.96 Å². The van der Waals surface area contributed by atoms with Crippen molar-refractivity contribution < 1.29 is 0 Å². The highest BCUT2D eigenvalue weighted by molar-refractivity contribution is 14.0. The van der Waals surface area contributed by atoms with Gasteiger partial charge < -0.3 is 15.6 Å². The predicted octanol–water partition coefficient (Wildman–Crippen LogP) is 4.84. The molecule has 0 aliphatic carbocycles. The number of halogens is 1. The van der Waals surface area contributed by atoms with Gasteiger partial charge in [0, 0.05) is 41.0 Å². The third-order valence-corrected chi connectivity index (χ3v) is 5.23. The fourth-order valence-corrected chi connectivity index (χ4v) is 3.81. The van der Waals surface area contributed by atoms with Crippen molar-refractivity contribution >= 4 is 52.2 Å². The van der Waals surface area contributed by atoms with Crippen molar-refractivity contribution in [3.8, 4) is 0 Å². The first-order valence-corrected chi connectivity index (χ1v) is 10.4. The molecular formula is C21H30IN5S. The summed E-state index contributed by atoms with van der Waals surface area (Å²) < 4.78 is 0. The van der Waals surface area contributed by atoms with E-state index in [0.29, 0.717) is 6.54 Å². The number of fused-ring (bicyclic) bond motifs is 1. The lowest BCUT2D eigenvalue weighted by Gasteiger charge is -2.14. The number of H-pyrrole nitrogens is 1. The molecule has 0 unspecified atom stereocenters. The van der Waals surface area contributed by atoms with Gasteiger partial charge in [0.25, 0.3) is 0 Å². The molecule has 0 fully saturated rings. The SMILES string of the molecule is CCNC(=NCc1nc(C(C)(C)C)cs1)NCCc1c[nH]c2ccccc12.I. The summed E-state index contributed by atoms with van der Waals surface area (Å²) in [6.07, 6.45) is 3.04. The molecule has 0 aliphatic heterocycles. The summed E-state index contributed by atoms with van der Waals surface area (Å²) in [5.41, 5.74) is 3.73. The summed E-state index contributed by atoms with van der Waals surface area (Å²) in [5, 5.41) is 11.2. The zero-order chi connectivity index (χ0) is 19.3. The van der Waals surface area contributed by atoms with Crippen LogP contribution in [-0.4, -0.2) is 29.0 Å². The summed E-state index contributed by atoms with van der Waals surface area (Å²) in [5.74, 6) is 0.838. The molecule has 3 aromatic rings. The lowest BCUT2D eigenvalue weighted by molar-refractivity contribution is 0.571. The third kappa shape index (κ3) is 5.94. The van der Waals surface area contributed by atoms with Crippen LogP contribution in [0.5, 0.6) is 0 Å². The summed E-state index contributed by atoms with van der Waals surface area (Å²) in [6.45, 7) is 10.9. The van der Waals surface area contributed by atoms with Crippen LogP contribution in [0.4, 0.5) is 0 Å². The Morgan fingerprint density at radius 1 is 1.21 bits per heavy atom. The molecule has 28 heavy (non-hydrogen) atoms. The largest absolute Gasteiger partial charge is 0.361 e. The second kappa shape index (κ2) is 10.2. The van der Waals surface area contributed by atoms with Gasteiger partial charge in [0.1, 0.15) is 5.01 Å². The zero-order valence-corrected chi connectivity index (χ0v) is 20.2. The normalized spacial score (nSPS) is 12.1. The Kier molecular flexibility index (Phi) is 8.30. The van der Waals surface area contributed by atoms with Crippen molar-refractivity contribution in [1.82, 2.24) is 20.6 Å². The molecule has 3 N–H and O–H groups in total. The number of aromatic nitrogens is 2. The summed E-state index contributed by atoms with van der Waals surface area (Å²) in [4.78, 5) is 12.7. The van der Waals surface area contributed by atoms with Crippen molar-refractivity contribution in [2.45, 2.75) is 46.1 Å². The van der Waals surface area contributed by atoms with Gasteiger partial charge >= 0.3 is 0 Å². The smallest absolute Gasteiger partial charge is 0.191 e. The molecule has 0 radical (unpaired) electrons. The molecule has 1 aromatic carbocycles. The zero-order valence-electron chi connectivity index (χ0n) is 17.0. The minimum atomic E-state index is 0. The number of thiazole rings is 1. The van der Waals surface area contributed by atoms with E-state index in [0.717, 1.165) is 36.2 Å². The molecule has 7 heteroatoms. The van der Waals surface area contributed by atoms with Crippen LogP contribution in [0.15, 0.2) is 40.8 Å². The van der Waals surface area contributed by atoms with Crippen LogP contribution in [0.1, 0.15) is 44.0 Å². The van der Waals surface area contributed by atoms with Crippen molar-refractivity contribution in [2.75, 3.05) is 13.1 Å². The molecule has 0 saturated carbocycles. The van der Waals surface area contributed by atoms with Gasteiger partial charge in [-0.25, -0.2) is 9.98 Å². The Morgan fingerprint density at radius 3 is 2.71 bits per heavy atom. The highest BCUT2D eigenvalue weighted by Crippen LogP contribution is 2.24. The Labute approximate surface area is 188 Å². The maximum atomic E-state index is 4.72. The van der Waals surface area contributed by atoms with Gasteiger partial charge in [-0.2, -0.15) is 0 Å². The van der Waals surface area contributed by atoms with Gasteiger partial charge in [-0.15, -0.1) is 35.3 Å². The molecular weight excluding hydrogens is 481 g/mol. The molecule has 5 nitrogen and oxygen atoms in total. The quantitative estimate of drug-likeness (QED) is 0.252. The van der Waals surface area contributed by atoms with Crippen LogP contribution in [0.3, 0.4) is 0 Å². The fraction of sp³-hybridized carbons (Fsp3) is 0.429. The number of aromatic amines is 1. The fourth-order valence-electron chi connectivity index (χ4n) is 2.87. The van der Waals surface area contributed by atoms with Crippen LogP contribution in [0.2, 0.25) is 0 Å². The molecule has 2 aromatic heterocycles. The van der Waals surface area contributed by atoms with Gasteiger partial charge in [-0.1, -0.05) is 39.0 Å². The molecule has 3 rings (SSSR count). The second-order valence-electron chi connectivity index (χ2n) is 7.61. The maximum Gasteiger partial charge on any atom is 0.191 e. The first-order valence-electron chi connectivity index (χ1n) is 9.49. The lowest BCUT2D eigenvalue weighted by Crippen LogP contribution is -2.38. The average molecular weight is 511 g/mol. The molecule has 0 aliphatic rings. The predicted molar refractivity (Wildman–Crippen MR) is 131 cm³/mol. The van der Waals surface area contributed by atoms with Crippen molar-refractivity contribution in [3.63, 3.8) is 0 Å². The van der Waals surface area contributed by atoms with Crippen LogP contribution in [0, 0.1) is 0 Å². The number of hydrogen-bond donors (Lipinski definition) is 3. The van der Waals surface area contributed by atoms with Crippen LogP contribution in [0.25, 0.3) is 10.9 Å². The first-order chi connectivity index (χ1) is 13.0. The van der Waals surface area contributed by atoms with E-state index < -0.39 is 0 Å². The van der Waals surface area contributed by atoms with Gasteiger partial charge in [0.05, 0.1) is 12.2 Å². The number of para-hydroxylation sites is 1. The Morgan fingerprint density at radius 2 is 2.00 bits per heavy atom. The van der Waals surface area contributed by atoms with Crippen LogP contribution < -0.4 is 10.6 Å². The van der Waals surface area contributed by atoms with E-state index in [2.05, 4.69) is 79.2 Å². The monoisotopic (exact) mass is 511 g/mol. The molecule has 152 valence electrons. The standard InChI is InChI=1S/C21H29N5S.HI/c1-5-22-20(25-13-19-26-18(14-27-19)21(2,3)4)23-11-10-15-12-24-17-9-7-6-8-16(15)17;/h6-9,12,14,24H,5,10-11,13H2,1-4H3,(H2,22,23,25);1H. The maximum absolute atomic E-state index is 4.72. The van der Waals surface area contributed by atoms with E-state index in [1.165, 1.54) is 16.5 Å². The van der Waals surface area contributed by atoms with Crippen molar-refractivity contribution in [2.24, 2.45) is 4.99 Å². The highest BCUT2D eigenvalue weighted by Gasteiger charge is 2.17. The lowest BCUT2D eigenvalue weighted by atomic mass is 9.93. The number of nitrogens with zero attached hydrogens (tertiary/aromatic N) is 2. The Hall–Kier alpha value is -1.61. The first kappa shape index (κ1) is 22.7. The Bertz CT molecular complexity index is 907. The number of rotatable bonds is 6. The molecule has 0 atom stereocenters. The van der Waals surface area contributed by atoms with Gasteiger partial charge in [-0.05, 0) is 25.0 Å². The van der Waals surface area contributed by atoms with E-state index >= 15 is 0 Å². The van der Waals surface area contributed by atoms with Gasteiger partial charge in [-0.3, -0.25) is 0 Å². The number of nitrogens with one attached hydrogen (secondary N) is 3. The van der Waals surface area contributed by atoms with Crippen molar-refractivity contribution in [3.05, 3.63) is 52.1 Å². The molecule has 0 saturated heterocycles. The summed E-state index contributed by atoms with van der Waals surface area (Å²) >= 11 is 1.68. The van der Waals surface area contributed by atoms with Crippen LogP contribution in [-0.2, 0) is 18.4 Å². The van der Waals surface area contributed by atoms with Gasteiger partial charge in [0.2, 0.25) is 0 Å². The molecule has 0 amide bonds. The topological polar surface area (TPSA) is 65.1 Å². The molecule has 0 spiro atoms. The second-order valence-corrected chi connectivity index (χ2v) is 8.55. The third-order valence-electron chi connectivity index (χ3n) is 4.40. The van der Waals surface area contributed by atoms with Crippen LogP contribution >= 0.6 is 35.3 Å². The van der Waals surface area contributed by atoms with Crippen molar-refractivity contribution in [1.29, 1.82) is 0 Å². The van der Waals surface area contributed by atoms with E-state index in [1.807, 2.05) is 0 Å². The van der Waals surface area contributed by atoms with E-state index in [-0.39, 0.29) is 29.4 Å². The summed E-state index contributed by atoms with van der Waals surface area (Å²) in [7, 11) is 0. The number of benzene rings is 1. The molecule has 2 heterocycles. The number of hydrogen-bond acceptors (Lipinski definition) is 3. The minimum absolute atomic E-state index is 0. The average Bonchev–Trinajstić information content (AvgIpc) is 3.27. The number of guanidine groups is 1. The summed E-state index contributed by atoms with van der Waals surface area (Å²) in [6, 6.07) is 8.41. The number of aliphatic imine (C=N–C) groups is 1. The van der Waals surface area contributed by atoms with E-state index in [1.54, 1.807) is 11.3 Å². The molecule has 0 bridgehead atoms. The highest BCUT2D eigenvalue weighted by atomic mass is 127.